The summed E-state index contributed by atoms with van der Waals surface area (Å²) in [6.45, 7) is 1.29. The molecule has 1 heterocycles. The largest absolute Gasteiger partial charge is 0.349 e. The molecule has 5 heteroatoms. The fraction of sp³-hybridized carbons (Fsp3) is 0.556. The maximum atomic E-state index is 11.0. The van der Waals surface area contributed by atoms with Crippen LogP contribution in [-0.4, -0.2) is 32.0 Å². The fourth-order valence-electron chi connectivity index (χ4n) is 1.27. The second-order valence-corrected chi connectivity index (χ2v) is 5.61. The summed E-state index contributed by atoms with van der Waals surface area (Å²) < 4.78 is 23.9. The number of rotatable bonds is 5. The summed E-state index contributed by atoms with van der Waals surface area (Å²) in [5.41, 5.74) is 1.11. The van der Waals surface area contributed by atoms with E-state index in [2.05, 4.69) is 5.32 Å². The molecule has 80 valence electrons. The minimum Gasteiger partial charge on any atom is -0.349 e. The van der Waals surface area contributed by atoms with E-state index in [0.29, 0.717) is 6.54 Å². The van der Waals surface area contributed by atoms with Gasteiger partial charge in [0.05, 0.1) is 5.75 Å². The summed E-state index contributed by atoms with van der Waals surface area (Å²) in [5, 5.41) is 3.04. The molecule has 0 aromatic carbocycles. The number of nitrogens with zero attached hydrogens (tertiary/aromatic N) is 1. The Hall–Kier alpha value is -0.810. The van der Waals surface area contributed by atoms with E-state index in [1.807, 2.05) is 29.9 Å². The second kappa shape index (κ2) is 4.61. The van der Waals surface area contributed by atoms with E-state index < -0.39 is 9.84 Å². The number of aryl methyl sites for hydroxylation is 1. The molecular weight excluding hydrogens is 200 g/mol. The Morgan fingerprint density at radius 2 is 2.21 bits per heavy atom. The molecule has 0 aliphatic heterocycles. The average molecular weight is 216 g/mol. The molecule has 1 N–H and O–H groups in total. The first-order valence-corrected chi connectivity index (χ1v) is 6.55. The molecular formula is C9H16N2O2S. The molecule has 0 radical (unpaired) electrons. The van der Waals surface area contributed by atoms with Crippen molar-refractivity contribution in [3.63, 3.8) is 0 Å². The van der Waals surface area contributed by atoms with Crippen molar-refractivity contribution in [2.45, 2.75) is 13.1 Å². The number of nitrogens with one attached hydrogen (secondary N) is 1. The van der Waals surface area contributed by atoms with Gasteiger partial charge in [-0.1, -0.05) is 0 Å². The highest BCUT2D eigenvalue weighted by molar-refractivity contribution is 7.90. The summed E-state index contributed by atoms with van der Waals surface area (Å²) in [4.78, 5) is 0. The Labute approximate surface area is 84.9 Å². The van der Waals surface area contributed by atoms with Crippen molar-refractivity contribution in [2.24, 2.45) is 0 Å². The standard InChI is InChI=1S/C9H16N2O2S/c1-10-8-9-4-3-5-11(9)6-7-14(2,12)13/h3-5,10H,6-8H2,1-2H3. The number of sulfone groups is 1. The van der Waals surface area contributed by atoms with Crippen molar-refractivity contribution in [3.05, 3.63) is 24.0 Å². The molecule has 0 unspecified atom stereocenters. The van der Waals surface area contributed by atoms with Gasteiger partial charge in [0.1, 0.15) is 9.84 Å². The highest BCUT2D eigenvalue weighted by atomic mass is 32.2. The molecule has 0 aliphatic rings. The Balaban J connectivity index is 2.62. The van der Waals surface area contributed by atoms with Crippen LogP contribution in [0, 0.1) is 0 Å². The highest BCUT2D eigenvalue weighted by Crippen LogP contribution is 2.02. The van der Waals surface area contributed by atoms with Gasteiger partial charge in [-0.25, -0.2) is 8.42 Å². The second-order valence-electron chi connectivity index (χ2n) is 3.35. The fourth-order valence-corrected chi connectivity index (χ4v) is 1.80. The first-order valence-electron chi connectivity index (χ1n) is 4.49. The van der Waals surface area contributed by atoms with Gasteiger partial charge in [-0.15, -0.1) is 0 Å². The predicted molar refractivity (Wildman–Crippen MR) is 56.9 cm³/mol. The minimum atomic E-state index is -2.87. The number of aromatic nitrogens is 1. The molecule has 4 nitrogen and oxygen atoms in total. The van der Waals surface area contributed by atoms with Crippen molar-refractivity contribution >= 4 is 9.84 Å². The van der Waals surface area contributed by atoms with Gasteiger partial charge in [0.15, 0.2) is 0 Å². The zero-order valence-electron chi connectivity index (χ0n) is 8.53. The summed E-state index contributed by atoms with van der Waals surface area (Å²) >= 11 is 0. The van der Waals surface area contributed by atoms with Crippen LogP contribution in [-0.2, 0) is 22.9 Å². The van der Waals surface area contributed by atoms with Gasteiger partial charge in [-0.3, -0.25) is 0 Å². The molecule has 0 saturated carbocycles. The third-order valence-corrected chi connectivity index (χ3v) is 2.91. The first kappa shape index (κ1) is 11.3. The average Bonchev–Trinajstić information content (AvgIpc) is 2.48. The minimum absolute atomic E-state index is 0.193. The monoisotopic (exact) mass is 216 g/mol. The molecule has 0 saturated heterocycles. The van der Waals surface area contributed by atoms with Crippen molar-refractivity contribution < 1.29 is 8.42 Å². The Bertz CT molecular complexity index is 381. The molecule has 0 fully saturated rings. The Morgan fingerprint density at radius 3 is 2.79 bits per heavy atom. The first-order chi connectivity index (χ1) is 6.53. The van der Waals surface area contributed by atoms with Gasteiger partial charge < -0.3 is 9.88 Å². The van der Waals surface area contributed by atoms with Crippen LogP contribution in [0.4, 0.5) is 0 Å². The Morgan fingerprint density at radius 1 is 1.50 bits per heavy atom. The maximum Gasteiger partial charge on any atom is 0.149 e. The van der Waals surface area contributed by atoms with E-state index in [9.17, 15) is 8.42 Å². The quantitative estimate of drug-likeness (QED) is 0.767. The van der Waals surface area contributed by atoms with E-state index >= 15 is 0 Å². The molecule has 0 amide bonds. The zero-order chi connectivity index (χ0) is 10.6. The van der Waals surface area contributed by atoms with Crippen molar-refractivity contribution in [3.8, 4) is 0 Å². The van der Waals surface area contributed by atoms with Crippen LogP contribution in [0.2, 0.25) is 0 Å². The van der Waals surface area contributed by atoms with Gasteiger partial charge in [0.2, 0.25) is 0 Å². The molecule has 0 spiro atoms. The van der Waals surface area contributed by atoms with E-state index in [-0.39, 0.29) is 5.75 Å². The topological polar surface area (TPSA) is 51.1 Å². The van der Waals surface area contributed by atoms with Crippen molar-refractivity contribution in [1.29, 1.82) is 0 Å². The van der Waals surface area contributed by atoms with Crippen LogP contribution in [0.1, 0.15) is 5.69 Å². The van der Waals surface area contributed by atoms with Crippen molar-refractivity contribution in [1.82, 2.24) is 9.88 Å². The van der Waals surface area contributed by atoms with E-state index in [1.54, 1.807) is 0 Å². The van der Waals surface area contributed by atoms with Gasteiger partial charge >= 0.3 is 0 Å². The van der Waals surface area contributed by atoms with Gasteiger partial charge in [0, 0.05) is 31.2 Å². The van der Waals surface area contributed by atoms with E-state index in [4.69, 9.17) is 0 Å². The zero-order valence-corrected chi connectivity index (χ0v) is 9.34. The summed E-state index contributed by atoms with van der Waals surface area (Å²) in [6.07, 6.45) is 3.16. The lowest BCUT2D eigenvalue weighted by molar-refractivity contribution is 0.591. The normalized spacial score (nSPS) is 11.9. The summed E-state index contributed by atoms with van der Waals surface area (Å²) in [5.74, 6) is 0.193. The lowest BCUT2D eigenvalue weighted by atomic mass is 10.4. The summed E-state index contributed by atoms with van der Waals surface area (Å²) in [6, 6.07) is 3.91. The van der Waals surface area contributed by atoms with Gasteiger partial charge in [-0.05, 0) is 19.2 Å². The van der Waals surface area contributed by atoms with Crippen molar-refractivity contribution in [2.75, 3.05) is 19.1 Å². The molecule has 14 heavy (non-hydrogen) atoms. The van der Waals surface area contributed by atoms with E-state index in [1.165, 1.54) is 6.26 Å². The van der Waals surface area contributed by atoms with Crippen LogP contribution >= 0.6 is 0 Å². The van der Waals surface area contributed by atoms with Crippen LogP contribution < -0.4 is 5.32 Å². The smallest absolute Gasteiger partial charge is 0.149 e. The molecule has 0 aliphatic carbocycles. The number of hydrogen-bond acceptors (Lipinski definition) is 3. The molecule has 0 bridgehead atoms. The van der Waals surface area contributed by atoms with Crippen LogP contribution in [0.3, 0.4) is 0 Å². The number of hydrogen-bond donors (Lipinski definition) is 1. The lowest BCUT2D eigenvalue weighted by Crippen LogP contribution is -2.15. The third-order valence-electron chi connectivity index (χ3n) is 1.98. The van der Waals surface area contributed by atoms with E-state index in [0.717, 1.165) is 12.2 Å². The Kier molecular flexibility index (Phi) is 3.71. The highest BCUT2D eigenvalue weighted by Gasteiger charge is 2.04. The maximum absolute atomic E-state index is 11.0. The van der Waals surface area contributed by atoms with Crippen LogP contribution in [0.5, 0.6) is 0 Å². The van der Waals surface area contributed by atoms with Gasteiger partial charge in [0.25, 0.3) is 0 Å². The van der Waals surface area contributed by atoms with Crippen LogP contribution in [0.15, 0.2) is 18.3 Å². The predicted octanol–water partition coefficient (Wildman–Crippen LogP) is 0.252. The third kappa shape index (κ3) is 3.51. The molecule has 0 atom stereocenters. The van der Waals surface area contributed by atoms with Gasteiger partial charge in [-0.2, -0.15) is 0 Å². The molecule has 1 rings (SSSR count). The summed E-state index contributed by atoms with van der Waals surface area (Å²) in [7, 11) is -1.00. The molecule has 1 aromatic heterocycles. The molecule has 1 aromatic rings. The SMILES string of the molecule is CNCc1cccn1CCS(C)(=O)=O. The van der Waals surface area contributed by atoms with Crippen LogP contribution in [0.25, 0.3) is 0 Å². The lowest BCUT2D eigenvalue weighted by Gasteiger charge is -2.07.